The zero-order valence-corrected chi connectivity index (χ0v) is 17.3. The monoisotopic (exact) mass is 414 g/mol. The number of aromatic nitrogens is 3. The fourth-order valence-electron chi connectivity index (χ4n) is 2.85. The van der Waals surface area contributed by atoms with Gasteiger partial charge in [0.05, 0.1) is 0 Å². The lowest BCUT2D eigenvalue weighted by Crippen LogP contribution is -2.12. The third-order valence-electron chi connectivity index (χ3n) is 4.58. The number of pyridine rings is 1. The van der Waals surface area contributed by atoms with Crippen molar-refractivity contribution >= 4 is 11.6 Å². The van der Waals surface area contributed by atoms with Gasteiger partial charge in [0.25, 0.3) is 0 Å². The molecule has 7 heteroatoms. The van der Waals surface area contributed by atoms with Gasteiger partial charge in [-0.2, -0.15) is 0 Å². The van der Waals surface area contributed by atoms with Crippen LogP contribution < -0.4 is 10.1 Å². The predicted octanol–water partition coefficient (Wildman–Crippen LogP) is 5.11. The maximum Gasteiger partial charge on any atom is 0.247 e. The SMILES string of the molecule is Cc1ccc(-c2nnc(CCC(=O)Nc3ccc(Oc4ccc(C)cn4)cc3)o2)cc1. The van der Waals surface area contributed by atoms with Gasteiger partial charge in [0, 0.05) is 36.4 Å². The molecule has 0 bridgehead atoms. The van der Waals surface area contributed by atoms with Crippen LogP contribution in [0, 0.1) is 13.8 Å². The molecule has 7 nitrogen and oxygen atoms in total. The molecule has 0 aliphatic rings. The predicted molar refractivity (Wildman–Crippen MR) is 117 cm³/mol. The van der Waals surface area contributed by atoms with Crippen LogP contribution in [-0.2, 0) is 11.2 Å². The van der Waals surface area contributed by atoms with E-state index in [4.69, 9.17) is 9.15 Å². The Hall–Kier alpha value is -4.00. The Labute approximate surface area is 180 Å². The molecule has 0 spiro atoms. The van der Waals surface area contributed by atoms with E-state index in [1.165, 1.54) is 0 Å². The van der Waals surface area contributed by atoms with Gasteiger partial charge in [-0.15, -0.1) is 10.2 Å². The molecule has 4 aromatic rings. The number of rotatable bonds is 7. The number of anilines is 1. The molecule has 0 radical (unpaired) electrons. The molecule has 31 heavy (non-hydrogen) atoms. The van der Waals surface area contributed by atoms with E-state index in [9.17, 15) is 4.79 Å². The van der Waals surface area contributed by atoms with Crippen molar-refractivity contribution in [2.24, 2.45) is 0 Å². The number of carbonyl (C=O) groups is 1. The van der Waals surface area contributed by atoms with Crippen molar-refractivity contribution in [3.63, 3.8) is 0 Å². The first kappa shape index (κ1) is 20.3. The van der Waals surface area contributed by atoms with Crippen LogP contribution in [0.3, 0.4) is 0 Å². The van der Waals surface area contributed by atoms with E-state index in [1.54, 1.807) is 30.5 Å². The van der Waals surface area contributed by atoms with Crippen molar-refractivity contribution in [1.82, 2.24) is 15.2 Å². The lowest BCUT2D eigenvalue weighted by atomic mass is 10.1. The molecule has 0 aliphatic heterocycles. The number of carbonyl (C=O) groups excluding carboxylic acids is 1. The molecular formula is C24H22N4O3. The van der Waals surface area contributed by atoms with Crippen LogP contribution in [0.25, 0.3) is 11.5 Å². The van der Waals surface area contributed by atoms with Gasteiger partial charge in [-0.1, -0.05) is 23.8 Å². The Bertz CT molecular complexity index is 1150. The third kappa shape index (κ3) is 5.54. The van der Waals surface area contributed by atoms with Gasteiger partial charge in [0.1, 0.15) is 5.75 Å². The first-order valence-electron chi connectivity index (χ1n) is 9.95. The van der Waals surface area contributed by atoms with Crippen molar-refractivity contribution in [2.75, 3.05) is 5.32 Å². The van der Waals surface area contributed by atoms with Crippen molar-refractivity contribution < 1.29 is 13.9 Å². The Morgan fingerprint density at radius 2 is 1.68 bits per heavy atom. The smallest absolute Gasteiger partial charge is 0.247 e. The molecule has 156 valence electrons. The van der Waals surface area contributed by atoms with Crippen LogP contribution in [0.5, 0.6) is 11.6 Å². The Morgan fingerprint density at radius 3 is 2.39 bits per heavy atom. The highest BCUT2D eigenvalue weighted by molar-refractivity contribution is 5.90. The maximum atomic E-state index is 12.3. The highest BCUT2D eigenvalue weighted by Gasteiger charge is 2.11. The number of hydrogen-bond acceptors (Lipinski definition) is 6. The molecule has 2 heterocycles. The standard InChI is InChI=1S/C24H22N4O3/c1-16-3-6-18(7-4-16)24-28-27-23(31-24)14-12-21(29)26-19-8-10-20(11-9-19)30-22-13-5-17(2)15-25-22/h3-11,13,15H,12,14H2,1-2H3,(H,26,29). The summed E-state index contributed by atoms with van der Waals surface area (Å²) >= 11 is 0. The summed E-state index contributed by atoms with van der Waals surface area (Å²) in [6.45, 7) is 3.99. The van der Waals surface area contributed by atoms with Gasteiger partial charge in [0.15, 0.2) is 0 Å². The summed E-state index contributed by atoms with van der Waals surface area (Å²) < 4.78 is 11.4. The van der Waals surface area contributed by atoms with Gasteiger partial charge in [-0.25, -0.2) is 4.98 Å². The Morgan fingerprint density at radius 1 is 0.935 bits per heavy atom. The summed E-state index contributed by atoms with van der Waals surface area (Å²) in [6.07, 6.45) is 2.35. The minimum absolute atomic E-state index is 0.135. The van der Waals surface area contributed by atoms with Gasteiger partial charge < -0.3 is 14.5 Å². The Kier molecular flexibility index (Phi) is 6.03. The molecule has 0 aliphatic carbocycles. The van der Waals surface area contributed by atoms with Crippen LogP contribution in [0.1, 0.15) is 23.4 Å². The van der Waals surface area contributed by atoms with E-state index in [0.717, 1.165) is 16.7 Å². The molecule has 1 amide bonds. The molecule has 1 N–H and O–H groups in total. The van der Waals surface area contributed by atoms with Gasteiger partial charge in [-0.05, 0) is 55.8 Å². The number of amides is 1. The number of nitrogens with one attached hydrogen (secondary N) is 1. The van der Waals surface area contributed by atoms with Gasteiger partial charge in [-0.3, -0.25) is 4.79 Å². The number of ether oxygens (including phenoxy) is 1. The number of aryl methyl sites for hydroxylation is 3. The number of nitrogens with zero attached hydrogens (tertiary/aromatic N) is 3. The first-order chi connectivity index (χ1) is 15.0. The lowest BCUT2D eigenvalue weighted by molar-refractivity contribution is -0.116. The summed E-state index contributed by atoms with van der Waals surface area (Å²) in [5, 5.41) is 10.9. The highest BCUT2D eigenvalue weighted by atomic mass is 16.5. The van der Waals surface area contributed by atoms with Crippen molar-refractivity contribution in [2.45, 2.75) is 26.7 Å². The summed E-state index contributed by atoms with van der Waals surface area (Å²) in [4.78, 5) is 16.5. The molecule has 0 saturated heterocycles. The molecule has 0 unspecified atom stereocenters. The summed E-state index contributed by atoms with van der Waals surface area (Å²) in [6, 6.07) is 18.7. The largest absolute Gasteiger partial charge is 0.439 e. The van der Waals surface area contributed by atoms with Crippen molar-refractivity contribution in [3.05, 3.63) is 83.9 Å². The quantitative estimate of drug-likeness (QED) is 0.452. The van der Waals surface area contributed by atoms with Crippen molar-refractivity contribution in [3.8, 4) is 23.1 Å². The second-order valence-electron chi connectivity index (χ2n) is 7.22. The van der Waals surface area contributed by atoms with E-state index in [-0.39, 0.29) is 12.3 Å². The zero-order valence-electron chi connectivity index (χ0n) is 17.3. The lowest BCUT2D eigenvalue weighted by Gasteiger charge is -2.07. The average molecular weight is 414 g/mol. The molecular weight excluding hydrogens is 392 g/mol. The summed E-state index contributed by atoms with van der Waals surface area (Å²) in [5.41, 5.74) is 3.76. The first-order valence-corrected chi connectivity index (χ1v) is 9.95. The van der Waals surface area contributed by atoms with E-state index in [2.05, 4.69) is 20.5 Å². The number of hydrogen-bond donors (Lipinski definition) is 1. The van der Waals surface area contributed by atoms with Crippen LogP contribution in [0.2, 0.25) is 0 Å². The topological polar surface area (TPSA) is 90.1 Å². The molecule has 2 aromatic carbocycles. The molecule has 0 fully saturated rings. The van der Waals surface area contributed by atoms with Crippen LogP contribution in [0.15, 0.2) is 71.3 Å². The molecule has 0 saturated carbocycles. The van der Waals surface area contributed by atoms with Gasteiger partial charge in [0.2, 0.25) is 23.6 Å². The van der Waals surface area contributed by atoms with Gasteiger partial charge >= 0.3 is 0 Å². The minimum atomic E-state index is -0.135. The normalized spacial score (nSPS) is 10.6. The van der Waals surface area contributed by atoms with E-state index < -0.39 is 0 Å². The summed E-state index contributed by atoms with van der Waals surface area (Å²) in [7, 11) is 0. The fraction of sp³-hybridized carbons (Fsp3) is 0.167. The maximum absolute atomic E-state index is 12.3. The average Bonchev–Trinajstić information content (AvgIpc) is 3.25. The molecule has 2 aromatic heterocycles. The third-order valence-corrected chi connectivity index (χ3v) is 4.58. The minimum Gasteiger partial charge on any atom is -0.439 e. The van der Waals surface area contributed by atoms with Crippen LogP contribution in [-0.4, -0.2) is 21.1 Å². The Balaban J connectivity index is 1.28. The zero-order chi connectivity index (χ0) is 21.6. The van der Waals surface area contributed by atoms with Crippen LogP contribution in [0.4, 0.5) is 5.69 Å². The second-order valence-corrected chi connectivity index (χ2v) is 7.22. The second kappa shape index (κ2) is 9.21. The van der Waals surface area contributed by atoms with E-state index in [0.29, 0.717) is 35.5 Å². The number of benzene rings is 2. The van der Waals surface area contributed by atoms with E-state index >= 15 is 0 Å². The fourth-order valence-corrected chi connectivity index (χ4v) is 2.85. The molecule has 4 rings (SSSR count). The molecule has 0 atom stereocenters. The highest BCUT2D eigenvalue weighted by Crippen LogP contribution is 2.22. The summed E-state index contributed by atoms with van der Waals surface area (Å²) in [5.74, 6) is 1.91. The van der Waals surface area contributed by atoms with Crippen LogP contribution >= 0.6 is 0 Å². The van der Waals surface area contributed by atoms with E-state index in [1.807, 2.05) is 50.2 Å². The van der Waals surface area contributed by atoms with Crippen molar-refractivity contribution in [1.29, 1.82) is 0 Å².